The summed E-state index contributed by atoms with van der Waals surface area (Å²) in [5, 5.41) is 3.05. The van der Waals surface area contributed by atoms with Crippen molar-refractivity contribution in [3.63, 3.8) is 0 Å². The standard InChI is InChI=1S/C31H38N2O2/c1-5-29(31(35)32-21-23(2)3)33(22-27-19-13-12-14-24(27)4)30(34)20-28(25-15-8-6-9-16-25)26-17-10-7-11-18-26/h6-19,23,28-29H,5,20-22H2,1-4H3,(H,32,35)/t29-/m0/s1. The first kappa shape index (κ1) is 26.2. The first-order valence-corrected chi connectivity index (χ1v) is 12.6. The fraction of sp³-hybridized carbons (Fsp3) is 0.355. The van der Waals surface area contributed by atoms with Gasteiger partial charge in [0.1, 0.15) is 6.04 Å². The molecule has 0 aliphatic carbocycles. The molecule has 3 rings (SSSR count). The first-order valence-electron chi connectivity index (χ1n) is 12.6. The highest BCUT2D eigenvalue weighted by molar-refractivity contribution is 5.88. The monoisotopic (exact) mass is 470 g/mol. The Kier molecular flexibility index (Phi) is 9.66. The van der Waals surface area contributed by atoms with Crippen LogP contribution in [0.2, 0.25) is 0 Å². The molecule has 2 amide bonds. The van der Waals surface area contributed by atoms with E-state index in [1.807, 2.05) is 61.5 Å². The van der Waals surface area contributed by atoms with E-state index < -0.39 is 6.04 Å². The van der Waals surface area contributed by atoms with Gasteiger partial charge < -0.3 is 10.2 Å². The lowest BCUT2D eigenvalue weighted by Gasteiger charge is -2.32. The molecule has 0 heterocycles. The van der Waals surface area contributed by atoms with Crippen LogP contribution < -0.4 is 5.32 Å². The molecular weight excluding hydrogens is 432 g/mol. The summed E-state index contributed by atoms with van der Waals surface area (Å²) in [7, 11) is 0. The number of amides is 2. The van der Waals surface area contributed by atoms with E-state index in [0.29, 0.717) is 31.8 Å². The number of nitrogens with one attached hydrogen (secondary N) is 1. The third-order valence-corrected chi connectivity index (χ3v) is 6.46. The number of hydrogen-bond donors (Lipinski definition) is 1. The summed E-state index contributed by atoms with van der Waals surface area (Å²) in [4.78, 5) is 29.0. The summed E-state index contributed by atoms with van der Waals surface area (Å²) in [6.07, 6.45) is 0.858. The molecular formula is C31H38N2O2. The van der Waals surface area contributed by atoms with Gasteiger partial charge >= 0.3 is 0 Å². The number of benzene rings is 3. The molecule has 0 aromatic heterocycles. The Hall–Kier alpha value is -3.40. The minimum absolute atomic E-state index is 0.0162. The molecule has 4 nitrogen and oxygen atoms in total. The van der Waals surface area contributed by atoms with Crippen molar-refractivity contribution >= 4 is 11.8 Å². The van der Waals surface area contributed by atoms with Crippen LogP contribution in [0.4, 0.5) is 0 Å². The molecule has 0 unspecified atom stereocenters. The van der Waals surface area contributed by atoms with Crippen molar-refractivity contribution in [2.75, 3.05) is 6.54 Å². The molecule has 4 heteroatoms. The van der Waals surface area contributed by atoms with Crippen LogP contribution in [0, 0.1) is 12.8 Å². The second kappa shape index (κ2) is 12.9. The molecule has 0 bridgehead atoms. The Morgan fingerprint density at radius 3 is 1.89 bits per heavy atom. The predicted molar refractivity (Wildman–Crippen MR) is 143 cm³/mol. The molecule has 0 saturated carbocycles. The molecule has 3 aromatic carbocycles. The highest BCUT2D eigenvalue weighted by atomic mass is 16.2. The predicted octanol–water partition coefficient (Wildman–Crippen LogP) is 6.10. The quantitative estimate of drug-likeness (QED) is 0.368. The van der Waals surface area contributed by atoms with E-state index in [0.717, 1.165) is 22.3 Å². The van der Waals surface area contributed by atoms with Crippen molar-refractivity contribution in [3.05, 3.63) is 107 Å². The van der Waals surface area contributed by atoms with Gasteiger partial charge in [0.2, 0.25) is 11.8 Å². The lowest BCUT2D eigenvalue weighted by Crippen LogP contribution is -2.49. The van der Waals surface area contributed by atoms with Gasteiger partial charge in [0, 0.05) is 25.4 Å². The summed E-state index contributed by atoms with van der Waals surface area (Å²) >= 11 is 0. The maximum Gasteiger partial charge on any atom is 0.242 e. The van der Waals surface area contributed by atoms with E-state index in [1.54, 1.807) is 4.90 Å². The molecule has 3 aromatic rings. The number of hydrogen-bond acceptors (Lipinski definition) is 2. The average Bonchev–Trinajstić information content (AvgIpc) is 2.87. The summed E-state index contributed by atoms with van der Waals surface area (Å²) < 4.78 is 0. The Morgan fingerprint density at radius 2 is 1.37 bits per heavy atom. The zero-order chi connectivity index (χ0) is 25.2. The second-order valence-electron chi connectivity index (χ2n) is 9.59. The zero-order valence-electron chi connectivity index (χ0n) is 21.4. The average molecular weight is 471 g/mol. The molecule has 0 aliphatic heterocycles. The summed E-state index contributed by atoms with van der Waals surface area (Å²) in [6.45, 7) is 9.18. The third-order valence-electron chi connectivity index (χ3n) is 6.46. The van der Waals surface area contributed by atoms with Crippen LogP contribution in [0.5, 0.6) is 0 Å². The molecule has 0 aliphatic rings. The largest absolute Gasteiger partial charge is 0.354 e. The summed E-state index contributed by atoms with van der Waals surface area (Å²) in [6, 6.07) is 27.9. The fourth-order valence-corrected chi connectivity index (χ4v) is 4.40. The maximum atomic E-state index is 14.0. The van der Waals surface area contributed by atoms with Crippen LogP contribution in [-0.4, -0.2) is 29.3 Å². The summed E-state index contributed by atoms with van der Waals surface area (Å²) in [5.41, 5.74) is 4.37. The highest BCUT2D eigenvalue weighted by Gasteiger charge is 2.31. The van der Waals surface area contributed by atoms with Gasteiger partial charge in [-0.2, -0.15) is 0 Å². The van der Waals surface area contributed by atoms with E-state index in [9.17, 15) is 9.59 Å². The molecule has 35 heavy (non-hydrogen) atoms. The third kappa shape index (κ3) is 7.29. The topological polar surface area (TPSA) is 49.4 Å². The Morgan fingerprint density at radius 1 is 0.829 bits per heavy atom. The van der Waals surface area contributed by atoms with Gasteiger partial charge in [-0.3, -0.25) is 9.59 Å². The second-order valence-corrected chi connectivity index (χ2v) is 9.59. The minimum atomic E-state index is -0.520. The maximum absolute atomic E-state index is 14.0. The number of nitrogens with zero attached hydrogens (tertiary/aromatic N) is 1. The summed E-state index contributed by atoms with van der Waals surface area (Å²) in [5.74, 6) is 0.162. The van der Waals surface area contributed by atoms with Crippen molar-refractivity contribution in [3.8, 4) is 0 Å². The van der Waals surface area contributed by atoms with Gasteiger partial charge in [-0.15, -0.1) is 0 Å². The van der Waals surface area contributed by atoms with E-state index in [2.05, 4.69) is 56.4 Å². The van der Waals surface area contributed by atoms with Crippen LogP contribution in [0.25, 0.3) is 0 Å². The van der Waals surface area contributed by atoms with Crippen LogP contribution in [0.15, 0.2) is 84.9 Å². The van der Waals surface area contributed by atoms with E-state index in [4.69, 9.17) is 0 Å². The lowest BCUT2D eigenvalue weighted by atomic mass is 9.88. The van der Waals surface area contributed by atoms with Crippen molar-refractivity contribution in [2.24, 2.45) is 5.92 Å². The SMILES string of the molecule is CC[C@@H](C(=O)NCC(C)C)N(Cc1ccccc1C)C(=O)CC(c1ccccc1)c1ccccc1. The molecule has 1 N–H and O–H groups in total. The van der Waals surface area contributed by atoms with E-state index >= 15 is 0 Å². The van der Waals surface area contributed by atoms with Crippen LogP contribution in [0.3, 0.4) is 0 Å². The fourth-order valence-electron chi connectivity index (χ4n) is 4.40. The van der Waals surface area contributed by atoms with Gasteiger partial charge in [0.15, 0.2) is 0 Å². The molecule has 0 saturated heterocycles. The molecule has 0 radical (unpaired) electrons. The Bertz CT molecular complexity index is 1040. The first-order chi connectivity index (χ1) is 16.9. The van der Waals surface area contributed by atoms with Crippen LogP contribution in [-0.2, 0) is 16.1 Å². The van der Waals surface area contributed by atoms with Gasteiger partial charge in [0.25, 0.3) is 0 Å². The van der Waals surface area contributed by atoms with Gasteiger partial charge in [-0.25, -0.2) is 0 Å². The highest BCUT2D eigenvalue weighted by Crippen LogP contribution is 2.30. The number of carbonyl (C=O) groups is 2. The van der Waals surface area contributed by atoms with Crippen LogP contribution >= 0.6 is 0 Å². The van der Waals surface area contributed by atoms with Crippen LogP contribution in [0.1, 0.15) is 61.8 Å². The van der Waals surface area contributed by atoms with Gasteiger partial charge in [0.05, 0.1) is 0 Å². The molecule has 0 spiro atoms. The van der Waals surface area contributed by atoms with Gasteiger partial charge in [-0.05, 0) is 41.5 Å². The van der Waals surface area contributed by atoms with E-state index in [1.165, 1.54) is 0 Å². The van der Waals surface area contributed by atoms with Crippen molar-refractivity contribution < 1.29 is 9.59 Å². The Balaban J connectivity index is 1.94. The van der Waals surface area contributed by atoms with Crippen molar-refractivity contribution in [1.82, 2.24) is 10.2 Å². The Labute approximate surface area is 210 Å². The zero-order valence-corrected chi connectivity index (χ0v) is 21.4. The minimum Gasteiger partial charge on any atom is -0.354 e. The molecule has 0 fully saturated rings. The van der Waals surface area contributed by atoms with E-state index in [-0.39, 0.29) is 17.7 Å². The lowest BCUT2D eigenvalue weighted by molar-refractivity contribution is -0.141. The smallest absolute Gasteiger partial charge is 0.242 e. The number of aryl methyl sites for hydroxylation is 1. The number of rotatable bonds is 11. The van der Waals surface area contributed by atoms with Gasteiger partial charge in [-0.1, -0.05) is 106 Å². The molecule has 184 valence electrons. The molecule has 1 atom stereocenters. The number of carbonyl (C=O) groups excluding carboxylic acids is 2. The normalized spacial score (nSPS) is 11.9. The van der Waals surface area contributed by atoms with Crippen molar-refractivity contribution in [2.45, 2.75) is 59.0 Å². The van der Waals surface area contributed by atoms with Crippen molar-refractivity contribution in [1.29, 1.82) is 0 Å².